The number of aryl methyl sites for hydroxylation is 3. The molecular weight excluding hydrogens is 290 g/mol. The molecule has 0 spiro atoms. The van der Waals surface area contributed by atoms with Gasteiger partial charge in [-0.3, -0.25) is 9.89 Å². The molecule has 0 unspecified atom stereocenters. The SMILES string of the molecule is Cc1n[nH]c(C)c1CC(=O)N[C@@H]1c2ccccc2CC[C@H]1CO. The summed E-state index contributed by atoms with van der Waals surface area (Å²) in [5, 5.41) is 19.9. The van der Waals surface area contributed by atoms with Crippen LogP contribution in [0.1, 0.15) is 40.5 Å². The van der Waals surface area contributed by atoms with Crippen molar-refractivity contribution in [2.45, 2.75) is 39.2 Å². The zero-order valence-electron chi connectivity index (χ0n) is 13.6. The fourth-order valence-corrected chi connectivity index (χ4v) is 3.44. The van der Waals surface area contributed by atoms with Gasteiger partial charge in [0.2, 0.25) is 5.91 Å². The minimum Gasteiger partial charge on any atom is -0.396 e. The highest BCUT2D eigenvalue weighted by Crippen LogP contribution is 2.34. The van der Waals surface area contributed by atoms with Gasteiger partial charge in [-0.2, -0.15) is 5.10 Å². The summed E-state index contributed by atoms with van der Waals surface area (Å²) in [5.74, 6) is 0.0400. The number of hydrogen-bond acceptors (Lipinski definition) is 3. The molecule has 122 valence electrons. The zero-order chi connectivity index (χ0) is 16.4. The molecule has 3 rings (SSSR count). The van der Waals surface area contributed by atoms with E-state index in [4.69, 9.17) is 0 Å². The summed E-state index contributed by atoms with van der Waals surface area (Å²) < 4.78 is 0. The minimum atomic E-state index is -0.120. The maximum Gasteiger partial charge on any atom is 0.225 e. The third-order valence-corrected chi connectivity index (χ3v) is 4.82. The first-order valence-electron chi connectivity index (χ1n) is 8.08. The van der Waals surface area contributed by atoms with Gasteiger partial charge >= 0.3 is 0 Å². The first-order chi connectivity index (χ1) is 11.1. The van der Waals surface area contributed by atoms with Gasteiger partial charge in [0.1, 0.15) is 0 Å². The number of hydrogen-bond donors (Lipinski definition) is 3. The number of aliphatic hydroxyl groups is 1. The Morgan fingerprint density at radius 1 is 1.39 bits per heavy atom. The van der Waals surface area contributed by atoms with Crippen molar-refractivity contribution in [3.63, 3.8) is 0 Å². The summed E-state index contributed by atoms with van der Waals surface area (Å²) in [7, 11) is 0. The number of fused-ring (bicyclic) bond motifs is 1. The van der Waals surface area contributed by atoms with Crippen molar-refractivity contribution in [3.8, 4) is 0 Å². The van der Waals surface area contributed by atoms with Crippen LogP contribution in [0.5, 0.6) is 0 Å². The number of aromatic nitrogens is 2. The molecule has 0 saturated carbocycles. The van der Waals surface area contributed by atoms with Crippen molar-refractivity contribution in [2.75, 3.05) is 6.61 Å². The fraction of sp³-hybridized carbons (Fsp3) is 0.444. The molecule has 1 amide bonds. The normalized spacial score (nSPS) is 20.1. The van der Waals surface area contributed by atoms with E-state index in [1.54, 1.807) is 0 Å². The highest BCUT2D eigenvalue weighted by atomic mass is 16.3. The lowest BCUT2D eigenvalue weighted by Gasteiger charge is -2.33. The Labute approximate surface area is 136 Å². The molecule has 0 aliphatic heterocycles. The summed E-state index contributed by atoms with van der Waals surface area (Å²) in [6.07, 6.45) is 2.15. The van der Waals surface area contributed by atoms with E-state index in [2.05, 4.69) is 27.6 Å². The Morgan fingerprint density at radius 2 is 2.17 bits per heavy atom. The van der Waals surface area contributed by atoms with Gasteiger partial charge < -0.3 is 10.4 Å². The smallest absolute Gasteiger partial charge is 0.225 e. The Morgan fingerprint density at radius 3 is 2.87 bits per heavy atom. The van der Waals surface area contributed by atoms with E-state index >= 15 is 0 Å². The van der Waals surface area contributed by atoms with Crippen molar-refractivity contribution < 1.29 is 9.90 Å². The highest BCUT2D eigenvalue weighted by molar-refractivity contribution is 5.79. The van der Waals surface area contributed by atoms with Gasteiger partial charge in [-0.15, -0.1) is 0 Å². The van der Waals surface area contributed by atoms with E-state index in [1.165, 1.54) is 5.56 Å². The van der Waals surface area contributed by atoms with Crippen molar-refractivity contribution in [1.29, 1.82) is 0 Å². The molecule has 5 nitrogen and oxygen atoms in total. The number of benzene rings is 1. The van der Waals surface area contributed by atoms with Gasteiger partial charge in [-0.1, -0.05) is 24.3 Å². The van der Waals surface area contributed by atoms with Gasteiger partial charge in [0.15, 0.2) is 0 Å². The van der Waals surface area contributed by atoms with Gasteiger partial charge in [-0.05, 0) is 37.8 Å². The first-order valence-corrected chi connectivity index (χ1v) is 8.08. The summed E-state index contributed by atoms with van der Waals surface area (Å²) in [5.41, 5.74) is 5.14. The number of carbonyl (C=O) groups is 1. The van der Waals surface area contributed by atoms with Crippen LogP contribution < -0.4 is 5.32 Å². The van der Waals surface area contributed by atoms with Gasteiger partial charge in [0.05, 0.1) is 18.2 Å². The lowest BCUT2D eigenvalue weighted by Crippen LogP contribution is -2.38. The quantitative estimate of drug-likeness (QED) is 0.807. The van der Waals surface area contributed by atoms with Crippen molar-refractivity contribution in [3.05, 3.63) is 52.3 Å². The molecule has 2 atom stereocenters. The van der Waals surface area contributed by atoms with Crippen LogP contribution >= 0.6 is 0 Å². The maximum atomic E-state index is 12.5. The highest BCUT2D eigenvalue weighted by Gasteiger charge is 2.30. The molecule has 0 fully saturated rings. The van der Waals surface area contributed by atoms with Crippen LogP contribution in [-0.2, 0) is 17.6 Å². The predicted octanol–water partition coefficient (Wildman–Crippen LogP) is 1.98. The lowest BCUT2D eigenvalue weighted by molar-refractivity contribution is -0.121. The number of nitrogens with zero attached hydrogens (tertiary/aromatic N) is 1. The third kappa shape index (κ3) is 3.15. The Kier molecular flexibility index (Phi) is 4.48. The molecule has 5 heteroatoms. The van der Waals surface area contributed by atoms with Crippen LogP contribution in [0.2, 0.25) is 0 Å². The van der Waals surface area contributed by atoms with E-state index in [0.29, 0.717) is 6.42 Å². The third-order valence-electron chi connectivity index (χ3n) is 4.82. The second-order valence-corrected chi connectivity index (χ2v) is 6.31. The molecule has 3 N–H and O–H groups in total. The fourth-order valence-electron chi connectivity index (χ4n) is 3.44. The van der Waals surface area contributed by atoms with Gasteiger partial charge in [0.25, 0.3) is 0 Å². The number of aromatic amines is 1. The summed E-state index contributed by atoms with van der Waals surface area (Å²) in [6, 6.07) is 8.05. The second kappa shape index (κ2) is 6.54. The number of H-pyrrole nitrogens is 1. The molecule has 0 saturated heterocycles. The van der Waals surface area contributed by atoms with Crippen molar-refractivity contribution in [1.82, 2.24) is 15.5 Å². The molecule has 0 radical (unpaired) electrons. The molecular formula is C18H23N3O2. The van der Waals surface area contributed by atoms with Crippen LogP contribution in [0.4, 0.5) is 0 Å². The predicted molar refractivity (Wildman–Crippen MR) is 88.0 cm³/mol. The minimum absolute atomic E-state index is 0.0299. The summed E-state index contributed by atoms with van der Waals surface area (Å²) in [6.45, 7) is 3.91. The topological polar surface area (TPSA) is 78.0 Å². The lowest BCUT2D eigenvalue weighted by atomic mass is 9.80. The number of rotatable bonds is 4. The van der Waals surface area contributed by atoms with E-state index in [9.17, 15) is 9.90 Å². The second-order valence-electron chi connectivity index (χ2n) is 6.31. The van der Waals surface area contributed by atoms with E-state index in [-0.39, 0.29) is 24.5 Å². The van der Waals surface area contributed by atoms with Crippen molar-refractivity contribution in [2.24, 2.45) is 5.92 Å². The van der Waals surface area contributed by atoms with E-state index < -0.39 is 0 Å². The van der Waals surface area contributed by atoms with E-state index in [1.807, 2.05) is 26.0 Å². The average Bonchev–Trinajstić information content (AvgIpc) is 2.87. The number of carbonyl (C=O) groups excluding carboxylic acids is 1. The number of amides is 1. The average molecular weight is 313 g/mol. The molecule has 1 aliphatic carbocycles. The van der Waals surface area contributed by atoms with Crippen LogP contribution in [0.15, 0.2) is 24.3 Å². The molecule has 0 bridgehead atoms. The maximum absolute atomic E-state index is 12.5. The molecule has 1 aromatic heterocycles. The van der Waals surface area contributed by atoms with E-state index in [0.717, 1.165) is 35.4 Å². The zero-order valence-corrected chi connectivity index (χ0v) is 13.6. The Balaban J connectivity index is 1.79. The van der Waals surface area contributed by atoms with Crippen LogP contribution in [-0.4, -0.2) is 27.8 Å². The summed E-state index contributed by atoms with van der Waals surface area (Å²) in [4.78, 5) is 12.5. The first kappa shape index (κ1) is 15.7. The Bertz CT molecular complexity index is 689. The van der Waals surface area contributed by atoms with Gasteiger partial charge in [-0.25, -0.2) is 0 Å². The van der Waals surface area contributed by atoms with Crippen LogP contribution in [0.3, 0.4) is 0 Å². The molecule has 1 heterocycles. The van der Waals surface area contributed by atoms with Crippen LogP contribution in [0, 0.1) is 19.8 Å². The Hall–Kier alpha value is -2.14. The van der Waals surface area contributed by atoms with Crippen molar-refractivity contribution >= 4 is 5.91 Å². The van der Waals surface area contributed by atoms with Crippen LogP contribution in [0.25, 0.3) is 0 Å². The molecule has 1 aromatic carbocycles. The standard InChI is InChI=1S/C18H23N3O2/c1-11-16(12(2)21-20-11)9-17(23)19-18-14(10-22)8-7-13-5-3-4-6-15(13)18/h3-6,14,18,22H,7-10H2,1-2H3,(H,19,23)(H,20,21)/t14-,18-/m0/s1. The largest absolute Gasteiger partial charge is 0.396 e. The monoisotopic (exact) mass is 313 g/mol. The summed E-state index contributed by atoms with van der Waals surface area (Å²) >= 11 is 0. The number of aliphatic hydroxyl groups excluding tert-OH is 1. The van der Waals surface area contributed by atoms with Gasteiger partial charge in [0, 0.05) is 23.8 Å². The molecule has 23 heavy (non-hydrogen) atoms. The number of nitrogens with one attached hydrogen (secondary N) is 2. The molecule has 2 aromatic rings. The molecule has 1 aliphatic rings.